The van der Waals surface area contributed by atoms with Crippen LogP contribution in [0.25, 0.3) is 21.0 Å². The zero-order valence-electron chi connectivity index (χ0n) is 11.5. The molecule has 0 unspecified atom stereocenters. The first-order valence-corrected chi connectivity index (χ1v) is 9.91. The number of nitrogens with zero attached hydrogens (tertiary/aromatic N) is 1. The van der Waals surface area contributed by atoms with Crippen LogP contribution in [0.2, 0.25) is 0 Å². The molecule has 23 heavy (non-hydrogen) atoms. The van der Waals surface area contributed by atoms with Crippen LogP contribution < -0.4 is 14.0 Å². The first kappa shape index (κ1) is 14.8. The standard InChI is InChI=1S/C14H10NO6PSe/c16-22(17,18)21-11-6-10(14-2-1-3-23-14)15-9-5-13-12(4-8(9)11)19-7-20-13/h1-6H,7H2,(H2,16,17,18). The molecule has 2 N–H and O–H groups in total. The Kier molecular flexibility index (Phi) is 3.44. The van der Waals surface area contributed by atoms with E-state index in [1.807, 2.05) is 17.1 Å². The molecule has 1 aliphatic heterocycles. The molecule has 3 aromatic rings. The van der Waals surface area contributed by atoms with Gasteiger partial charge in [0.25, 0.3) is 0 Å². The van der Waals surface area contributed by atoms with Gasteiger partial charge in [-0.3, -0.25) is 0 Å². The van der Waals surface area contributed by atoms with E-state index in [0.717, 1.165) is 4.44 Å². The quantitative estimate of drug-likeness (QED) is 0.516. The molecule has 0 aliphatic carbocycles. The van der Waals surface area contributed by atoms with Crippen LogP contribution in [-0.2, 0) is 4.57 Å². The zero-order chi connectivity index (χ0) is 16.0. The van der Waals surface area contributed by atoms with Crippen LogP contribution in [-0.4, -0.2) is 36.1 Å². The average molecular weight is 398 g/mol. The molecular formula is C14H10NO6PSe. The fraction of sp³-hybridized carbons (Fsp3) is 0.0714. The van der Waals surface area contributed by atoms with Gasteiger partial charge >= 0.3 is 136 Å². The van der Waals surface area contributed by atoms with Crippen molar-refractivity contribution in [2.24, 2.45) is 0 Å². The molecule has 0 bridgehead atoms. The van der Waals surface area contributed by atoms with Crippen LogP contribution >= 0.6 is 7.82 Å². The van der Waals surface area contributed by atoms with Crippen LogP contribution in [0.3, 0.4) is 0 Å². The molecule has 0 amide bonds. The monoisotopic (exact) mass is 399 g/mol. The average Bonchev–Trinajstić information content (AvgIpc) is 3.14. The molecule has 1 aromatic carbocycles. The number of hydrogen-bond donors (Lipinski definition) is 2. The SMILES string of the molecule is O=P(O)(O)Oc1cc(-c2ccc[se]2)nc2cc3c(cc12)OCO3. The second kappa shape index (κ2) is 5.37. The van der Waals surface area contributed by atoms with Crippen molar-refractivity contribution in [1.82, 2.24) is 4.98 Å². The molecule has 7 nitrogen and oxygen atoms in total. The van der Waals surface area contributed by atoms with E-state index < -0.39 is 7.82 Å². The summed E-state index contributed by atoms with van der Waals surface area (Å²) in [6, 6.07) is 8.71. The van der Waals surface area contributed by atoms with Crippen molar-refractivity contribution in [2.75, 3.05) is 6.79 Å². The summed E-state index contributed by atoms with van der Waals surface area (Å²) < 4.78 is 27.8. The van der Waals surface area contributed by atoms with E-state index in [-0.39, 0.29) is 27.0 Å². The maximum atomic E-state index is 11.3. The van der Waals surface area contributed by atoms with Gasteiger partial charge in [0, 0.05) is 0 Å². The van der Waals surface area contributed by atoms with Gasteiger partial charge in [-0.05, 0) is 0 Å². The Balaban J connectivity index is 1.97. The summed E-state index contributed by atoms with van der Waals surface area (Å²) in [6.45, 7) is 0.103. The van der Waals surface area contributed by atoms with Crippen LogP contribution in [0.1, 0.15) is 0 Å². The van der Waals surface area contributed by atoms with E-state index in [1.54, 1.807) is 18.2 Å². The minimum atomic E-state index is -4.69. The number of phosphoric ester groups is 1. The van der Waals surface area contributed by atoms with E-state index in [0.29, 0.717) is 28.1 Å². The summed E-state index contributed by atoms with van der Waals surface area (Å²) in [5.41, 5.74) is 1.16. The van der Waals surface area contributed by atoms with Crippen molar-refractivity contribution in [3.05, 3.63) is 35.3 Å². The van der Waals surface area contributed by atoms with Crippen LogP contribution in [0.5, 0.6) is 17.2 Å². The Morgan fingerprint density at radius 3 is 2.70 bits per heavy atom. The number of hydrogen-bond acceptors (Lipinski definition) is 5. The summed E-state index contributed by atoms with van der Waals surface area (Å²) in [6.07, 6.45) is 0. The number of aromatic nitrogens is 1. The number of phosphoric acid groups is 1. The van der Waals surface area contributed by atoms with Gasteiger partial charge in [-0.15, -0.1) is 0 Å². The van der Waals surface area contributed by atoms with Gasteiger partial charge in [-0.25, -0.2) is 0 Å². The second-order valence-corrected chi connectivity index (χ2v) is 7.94. The van der Waals surface area contributed by atoms with Gasteiger partial charge in [0.15, 0.2) is 0 Å². The Bertz CT molecular complexity index is 936. The predicted molar refractivity (Wildman–Crippen MR) is 82.9 cm³/mol. The van der Waals surface area contributed by atoms with Crippen LogP contribution in [0, 0.1) is 0 Å². The first-order chi connectivity index (χ1) is 11.0. The molecule has 0 fully saturated rings. The Morgan fingerprint density at radius 1 is 1.22 bits per heavy atom. The summed E-state index contributed by atoms with van der Waals surface area (Å²) in [7, 11) is -4.69. The third kappa shape index (κ3) is 2.87. The number of fused-ring (bicyclic) bond motifs is 2. The van der Waals surface area contributed by atoms with Crippen molar-refractivity contribution < 1.29 is 28.3 Å². The van der Waals surface area contributed by atoms with E-state index >= 15 is 0 Å². The molecule has 9 heteroatoms. The maximum absolute atomic E-state index is 11.3. The van der Waals surface area contributed by atoms with Gasteiger partial charge in [-0.1, -0.05) is 0 Å². The Labute approximate surface area is 136 Å². The van der Waals surface area contributed by atoms with Gasteiger partial charge < -0.3 is 0 Å². The summed E-state index contributed by atoms with van der Waals surface area (Å²) in [4.78, 5) is 24.9. The zero-order valence-corrected chi connectivity index (χ0v) is 14.1. The molecule has 2 aromatic heterocycles. The number of pyridine rings is 1. The normalized spacial score (nSPS) is 13.5. The molecule has 0 radical (unpaired) electrons. The molecular weight excluding hydrogens is 388 g/mol. The third-order valence-corrected chi connectivity index (χ3v) is 5.56. The molecule has 1 aliphatic rings. The van der Waals surface area contributed by atoms with E-state index in [2.05, 4.69) is 4.98 Å². The Morgan fingerprint density at radius 2 is 2.00 bits per heavy atom. The molecule has 3 heterocycles. The predicted octanol–water partition coefficient (Wildman–Crippen LogP) is 2.16. The summed E-state index contributed by atoms with van der Waals surface area (Å²) >= 11 is 0.135. The second-order valence-electron chi connectivity index (χ2n) is 4.79. The van der Waals surface area contributed by atoms with Crippen molar-refractivity contribution in [1.29, 1.82) is 0 Å². The van der Waals surface area contributed by atoms with Crippen molar-refractivity contribution in [3.8, 4) is 27.4 Å². The van der Waals surface area contributed by atoms with E-state index in [4.69, 9.17) is 23.8 Å². The first-order valence-electron chi connectivity index (χ1n) is 6.53. The van der Waals surface area contributed by atoms with E-state index in [1.165, 1.54) is 0 Å². The number of ether oxygens (including phenoxy) is 2. The summed E-state index contributed by atoms with van der Waals surface area (Å²) in [5, 5.41) is 0.459. The van der Waals surface area contributed by atoms with Crippen molar-refractivity contribution in [2.45, 2.75) is 0 Å². The van der Waals surface area contributed by atoms with Crippen molar-refractivity contribution in [3.63, 3.8) is 0 Å². The number of rotatable bonds is 3. The third-order valence-electron chi connectivity index (χ3n) is 3.26. The molecule has 0 spiro atoms. The van der Waals surface area contributed by atoms with Crippen LogP contribution in [0.15, 0.2) is 35.3 Å². The fourth-order valence-electron chi connectivity index (χ4n) is 2.34. The molecule has 0 atom stereocenters. The molecule has 4 rings (SSSR count). The Hall–Kier alpha value is -1.82. The summed E-state index contributed by atoms with van der Waals surface area (Å²) in [5.74, 6) is 1.11. The minimum absolute atomic E-state index is 0.0697. The van der Waals surface area contributed by atoms with Crippen molar-refractivity contribution >= 4 is 33.2 Å². The van der Waals surface area contributed by atoms with Gasteiger partial charge in [0.2, 0.25) is 0 Å². The molecule has 118 valence electrons. The topological polar surface area (TPSA) is 98.1 Å². The van der Waals surface area contributed by atoms with Crippen LogP contribution in [0.4, 0.5) is 0 Å². The number of benzene rings is 1. The van der Waals surface area contributed by atoms with Gasteiger partial charge in [0.05, 0.1) is 0 Å². The van der Waals surface area contributed by atoms with E-state index in [9.17, 15) is 4.57 Å². The molecule has 0 saturated heterocycles. The van der Waals surface area contributed by atoms with Gasteiger partial charge in [-0.2, -0.15) is 0 Å². The fourth-order valence-corrected chi connectivity index (χ4v) is 4.19. The van der Waals surface area contributed by atoms with Gasteiger partial charge in [0.1, 0.15) is 0 Å². The molecule has 0 saturated carbocycles.